The Bertz CT molecular complexity index is 978. The van der Waals surface area contributed by atoms with Crippen molar-refractivity contribution in [1.82, 2.24) is 4.90 Å². The van der Waals surface area contributed by atoms with Crippen LogP contribution in [0, 0.1) is 10.1 Å². The van der Waals surface area contributed by atoms with Crippen molar-refractivity contribution in [2.75, 3.05) is 45.3 Å². The molecule has 1 aliphatic rings. The molecule has 3 rings (SSSR count). The fourth-order valence-electron chi connectivity index (χ4n) is 3.71. The first-order valence-electron chi connectivity index (χ1n) is 10.7. The molecular formula is C23H29N3O6. The Morgan fingerprint density at radius 2 is 1.81 bits per heavy atom. The summed E-state index contributed by atoms with van der Waals surface area (Å²) in [6.07, 6.45) is 0.673. The standard InChI is InChI=1S/C23H29N3O6/c1-4-31-21-13-16-8-10-25(15-18(16)14-22(21)32-5-2)23(27)17-6-7-19(24-9-11-30-3)20(12-17)26(28)29/h6-7,12-14,24H,4-5,8-11,15H2,1-3H3. The maximum absolute atomic E-state index is 13.1. The molecule has 0 bridgehead atoms. The quantitative estimate of drug-likeness (QED) is 0.340. The van der Waals surface area contributed by atoms with Gasteiger partial charge in [-0.25, -0.2) is 0 Å². The van der Waals surface area contributed by atoms with Crippen LogP contribution in [0.15, 0.2) is 30.3 Å². The fourth-order valence-corrected chi connectivity index (χ4v) is 3.71. The predicted molar refractivity (Wildman–Crippen MR) is 121 cm³/mol. The second kappa shape index (κ2) is 10.8. The van der Waals surface area contributed by atoms with Gasteiger partial charge in [-0.15, -0.1) is 0 Å². The topological polar surface area (TPSA) is 103 Å². The second-order valence-electron chi connectivity index (χ2n) is 7.32. The summed E-state index contributed by atoms with van der Waals surface area (Å²) in [6, 6.07) is 8.42. The highest BCUT2D eigenvalue weighted by molar-refractivity contribution is 5.96. The molecule has 0 spiro atoms. The third kappa shape index (κ3) is 5.28. The van der Waals surface area contributed by atoms with Crippen LogP contribution in [0.5, 0.6) is 11.5 Å². The van der Waals surface area contributed by atoms with E-state index in [1.54, 1.807) is 24.1 Å². The normalized spacial score (nSPS) is 12.8. The van der Waals surface area contributed by atoms with E-state index in [9.17, 15) is 14.9 Å². The maximum Gasteiger partial charge on any atom is 0.293 e. The molecule has 2 aromatic carbocycles. The molecule has 0 saturated carbocycles. The summed E-state index contributed by atoms with van der Waals surface area (Å²) in [7, 11) is 1.56. The highest BCUT2D eigenvalue weighted by atomic mass is 16.6. The molecule has 1 aliphatic heterocycles. The van der Waals surface area contributed by atoms with Crippen molar-refractivity contribution >= 4 is 17.3 Å². The number of carbonyl (C=O) groups is 1. The first-order chi connectivity index (χ1) is 15.5. The van der Waals surface area contributed by atoms with Crippen molar-refractivity contribution in [1.29, 1.82) is 0 Å². The molecule has 0 aliphatic carbocycles. The number of benzene rings is 2. The predicted octanol–water partition coefficient (Wildman–Crippen LogP) is 3.65. The summed E-state index contributed by atoms with van der Waals surface area (Å²) < 4.78 is 16.4. The van der Waals surface area contributed by atoms with Gasteiger partial charge in [-0.1, -0.05) is 0 Å². The molecule has 0 fully saturated rings. The highest BCUT2D eigenvalue weighted by Gasteiger charge is 2.26. The van der Waals surface area contributed by atoms with Crippen LogP contribution in [0.25, 0.3) is 0 Å². The molecule has 1 amide bonds. The molecule has 0 aromatic heterocycles. The van der Waals surface area contributed by atoms with Crippen LogP contribution in [0.2, 0.25) is 0 Å². The minimum atomic E-state index is -0.485. The third-order valence-corrected chi connectivity index (χ3v) is 5.23. The molecule has 1 heterocycles. The van der Waals surface area contributed by atoms with Crippen molar-refractivity contribution in [3.05, 3.63) is 57.1 Å². The maximum atomic E-state index is 13.1. The lowest BCUT2D eigenvalue weighted by atomic mass is 9.98. The van der Waals surface area contributed by atoms with E-state index in [0.29, 0.717) is 63.1 Å². The smallest absolute Gasteiger partial charge is 0.293 e. The van der Waals surface area contributed by atoms with Crippen LogP contribution < -0.4 is 14.8 Å². The van der Waals surface area contributed by atoms with Crippen molar-refractivity contribution in [3.63, 3.8) is 0 Å². The molecule has 0 saturated heterocycles. The van der Waals surface area contributed by atoms with Crippen LogP contribution in [0.1, 0.15) is 35.3 Å². The number of fused-ring (bicyclic) bond motifs is 1. The number of nitrogens with one attached hydrogen (secondary N) is 1. The largest absolute Gasteiger partial charge is 0.490 e. The molecule has 9 nitrogen and oxygen atoms in total. The summed E-state index contributed by atoms with van der Waals surface area (Å²) in [5, 5.41) is 14.5. The van der Waals surface area contributed by atoms with Crippen LogP contribution in [0.4, 0.5) is 11.4 Å². The molecule has 2 aromatic rings. The summed E-state index contributed by atoms with van der Waals surface area (Å²) in [5.74, 6) is 1.12. The van der Waals surface area contributed by atoms with Crippen molar-refractivity contribution < 1.29 is 23.9 Å². The van der Waals surface area contributed by atoms with Gasteiger partial charge in [0.2, 0.25) is 0 Å². The number of ether oxygens (including phenoxy) is 3. The number of hydrogen-bond acceptors (Lipinski definition) is 7. The van der Waals surface area contributed by atoms with Crippen molar-refractivity contribution in [2.45, 2.75) is 26.8 Å². The number of rotatable bonds is 10. The zero-order chi connectivity index (χ0) is 23.1. The Balaban J connectivity index is 1.81. The average molecular weight is 444 g/mol. The van der Waals surface area contributed by atoms with E-state index in [0.717, 1.165) is 11.1 Å². The van der Waals surface area contributed by atoms with Gasteiger partial charge in [-0.2, -0.15) is 0 Å². The number of nitro groups is 1. The Hall–Kier alpha value is -3.33. The minimum absolute atomic E-state index is 0.135. The van der Waals surface area contributed by atoms with E-state index in [-0.39, 0.29) is 17.2 Å². The van der Waals surface area contributed by atoms with Gasteiger partial charge in [0.05, 0.1) is 24.7 Å². The molecular weight excluding hydrogens is 414 g/mol. The van der Waals surface area contributed by atoms with E-state index in [4.69, 9.17) is 14.2 Å². The number of amides is 1. The second-order valence-corrected chi connectivity index (χ2v) is 7.32. The number of anilines is 1. The highest BCUT2D eigenvalue weighted by Crippen LogP contribution is 2.34. The van der Waals surface area contributed by atoms with Gasteiger partial charge < -0.3 is 24.4 Å². The number of carbonyl (C=O) groups excluding carboxylic acids is 1. The summed E-state index contributed by atoms with van der Waals surface area (Å²) in [6.45, 7) is 6.65. The number of methoxy groups -OCH3 is 1. The Morgan fingerprint density at radius 1 is 1.12 bits per heavy atom. The fraction of sp³-hybridized carbons (Fsp3) is 0.435. The first kappa shape index (κ1) is 23.3. The first-order valence-corrected chi connectivity index (χ1v) is 10.7. The van der Waals surface area contributed by atoms with Gasteiger partial charge in [0.15, 0.2) is 11.5 Å². The molecule has 1 N–H and O–H groups in total. The Morgan fingerprint density at radius 3 is 2.44 bits per heavy atom. The molecule has 9 heteroatoms. The summed E-state index contributed by atoms with van der Waals surface area (Å²) in [4.78, 5) is 25.9. The monoisotopic (exact) mass is 443 g/mol. The molecule has 172 valence electrons. The lowest BCUT2D eigenvalue weighted by molar-refractivity contribution is -0.384. The SMILES string of the molecule is CCOc1cc2c(cc1OCC)CN(C(=O)c1ccc(NCCOC)c([N+](=O)[O-])c1)CC2. The van der Waals surface area contributed by atoms with E-state index < -0.39 is 4.92 Å². The Kier molecular flexibility index (Phi) is 7.88. The van der Waals surface area contributed by atoms with Gasteiger partial charge in [-0.05, 0) is 55.7 Å². The average Bonchev–Trinajstić information content (AvgIpc) is 2.79. The zero-order valence-corrected chi connectivity index (χ0v) is 18.7. The van der Waals surface area contributed by atoms with E-state index in [1.165, 1.54) is 6.07 Å². The minimum Gasteiger partial charge on any atom is -0.490 e. The third-order valence-electron chi connectivity index (χ3n) is 5.23. The summed E-state index contributed by atoms with van der Waals surface area (Å²) in [5.41, 5.74) is 2.61. The van der Waals surface area contributed by atoms with Gasteiger partial charge in [0.1, 0.15) is 5.69 Å². The number of nitro benzene ring substituents is 1. The Labute approximate surface area is 187 Å². The van der Waals surface area contributed by atoms with E-state index >= 15 is 0 Å². The lowest BCUT2D eigenvalue weighted by Gasteiger charge is -2.30. The number of hydrogen-bond donors (Lipinski definition) is 1. The van der Waals surface area contributed by atoms with Crippen LogP contribution in [0.3, 0.4) is 0 Å². The van der Waals surface area contributed by atoms with Crippen LogP contribution >= 0.6 is 0 Å². The van der Waals surface area contributed by atoms with Gasteiger partial charge >= 0.3 is 0 Å². The molecule has 0 unspecified atom stereocenters. The van der Waals surface area contributed by atoms with E-state index in [1.807, 2.05) is 26.0 Å². The number of nitrogens with zero attached hydrogens (tertiary/aromatic N) is 2. The van der Waals surface area contributed by atoms with Crippen molar-refractivity contribution in [2.24, 2.45) is 0 Å². The van der Waals surface area contributed by atoms with Crippen LogP contribution in [-0.2, 0) is 17.7 Å². The molecule has 0 atom stereocenters. The van der Waals surface area contributed by atoms with Crippen LogP contribution in [-0.4, -0.2) is 55.8 Å². The van der Waals surface area contributed by atoms with Gasteiger partial charge in [0, 0.05) is 38.4 Å². The van der Waals surface area contributed by atoms with Crippen molar-refractivity contribution in [3.8, 4) is 11.5 Å². The summed E-state index contributed by atoms with van der Waals surface area (Å²) >= 11 is 0. The van der Waals surface area contributed by atoms with E-state index in [2.05, 4.69) is 5.32 Å². The lowest BCUT2D eigenvalue weighted by Crippen LogP contribution is -2.36. The molecule has 32 heavy (non-hydrogen) atoms. The van der Waals surface area contributed by atoms with Gasteiger partial charge in [-0.3, -0.25) is 14.9 Å². The molecule has 0 radical (unpaired) electrons. The van der Waals surface area contributed by atoms with Gasteiger partial charge in [0.25, 0.3) is 11.6 Å². The zero-order valence-electron chi connectivity index (χ0n) is 18.7.